The van der Waals surface area contributed by atoms with E-state index in [1.54, 1.807) is 11.3 Å². The lowest BCUT2D eigenvalue weighted by Crippen LogP contribution is -2.56. The second-order valence-electron chi connectivity index (χ2n) is 7.84. The van der Waals surface area contributed by atoms with Gasteiger partial charge in [-0.3, -0.25) is 9.89 Å². The molecule has 1 aliphatic carbocycles. The third-order valence-corrected chi connectivity index (χ3v) is 6.96. The van der Waals surface area contributed by atoms with Gasteiger partial charge in [0, 0.05) is 43.5 Å². The maximum Gasteiger partial charge on any atom is 0.191 e. The summed E-state index contributed by atoms with van der Waals surface area (Å²) in [5, 5.41) is 10.3. The molecule has 29 heavy (non-hydrogen) atoms. The number of guanidine groups is 1. The summed E-state index contributed by atoms with van der Waals surface area (Å²) in [4.78, 5) is 12.4. The van der Waals surface area contributed by atoms with Crippen LogP contribution in [-0.4, -0.2) is 67.3 Å². The Bertz CT molecular complexity index is 612. The third-order valence-electron chi connectivity index (χ3n) is 5.92. The average Bonchev–Trinajstić information content (AvgIpc) is 3.21. The molecule has 1 saturated heterocycles. The summed E-state index contributed by atoms with van der Waals surface area (Å²) in [5.74, 6) is 0.937. The fraction of sp³-hybridized carbons (Fsp3) is 0.810. The minimum atomic E-state index is 0. The van der Waals surface area contributed by atoms with Crippen LogP contribution in [0.2, 0.25) is 0 Å². The first kappa shape index (κ1) is 24.8. The van der Waals surface area contributed by atoms with Gasteiger partial charge in [0.25, 0.3) is 0 Å². The number of halogens is 1. The fourth-order valence-corrected chi connectivity index (χ4v) is 5.10. The van der Waals surface area contributed by atoms with Gasteiger partial charge in [-0.25, -0.2) is 4.98 Å². The molecule has 0 spiro atoms. The highest BCUT2D eigenvalue weighted by Crippen LogP contribution is 2.34. The Morgan fingerprint density at radius 3 is 2.62 bits per heavy atom. The molecule has 0 amide bonds. The van der Waals surface area contributed by atoms with Crippen LogP contribution in [-0.2, 0) is 17.6 Å². The number of morpholine rings is 1. The van der Waals surface area contributed by atoms with Crippen molar-refractivity contribution in [3.63, 3.8) is 0 Å². The van der Waals surface area contributed by atoms with Crippen molar-refractivity contribution < 1.29 is 4.74 Å². The van der Waals surface area contributed by atoms with E-state index in [1.165, 1.54) is 42.8 Å². The lowest BCUT2D eigenvalue weighted by atomic mass is 9.80. The summed E-state index contributed by atoms with van der Waals surface area (Å²) < 4.78 is 5.60. The van der Waals surface area contributed by atoms with Crippen LogP contribution >= 0.6 is 35.3 Å². The molecule has 0 atom stereocenters. The van der Waals surface area contributed by atoms with Crippen LogP contribution in [0, 0.1) is 0 Å². The fourth-order valence-electron chi connectivity index (χ4n) is 4.32. The number of rotatable bonds is 8. The van der Waals surface area contributed by atoms with Crippen molar-refractivity contribution >= 4 is 41.3 Å². The summed E-state index contributed by atoms with van der Waals surface area (Å²) in [6.07, 6.45) is 8.48. The molecule has 8 heteroatoms. The average molecular weight is 536 g/mol. The molecule has 2 aliphatic rings. The van der Waals surface area contributed by atoms with Crippen LogP contribution in [0.25, 0.3) is 0 Å². The highest BCUT2D eigenvalue weighted by atomic mass is 127. The number of aromatic nitrogens is 1. The van der Waals surface area contributed by atoms with Crippen molar-refractivity contribution in [3.05, 3.63) is 16.1 Å². The van der Waals surface area contributed by atoms with Gasteiger partial charge in [-0.2, -0.15) is 0 Å². The first-order valence-electron chi connectivity index (χ1n) is 11.0. The summed E-state index contributed by atoms with van der Waals surface area (Å²) >= 11 is 1.76. The van der Waals surface area contributed by atoms with Gasteiger partial charge in [-0.1, -0.05) is 26.2 Å². The molecular formula is C21H38IN5OS. The van der Waals surface area contributed by atoms with E-state index in [0.717, 1.165) is 64.7 Å². The van der Waals surface area contributed by atoms with Gasteiger partial charge in [0.2, 0.25) is 0 Å². The first-order valence-corrected chi connectivity index (χ1v) is 11.9. The number of aryl methyl sites for hydroxylation is 1. The van der Waals surface area contributed by atoms with Crippen molar-refractivity contribution in [2.45, 2.75) is 64.3 Å². The van der Waals surface area contributed by atoms with Crippen molar-refractivity contribution in [2.24, 2.45) is 4.99 Å². The van der Waals surface area contributed by atoms with Gasteiger partial charge in [0.1, 0.15) is 0 Å². The van der Waals surface area contributed by atoms with Gasteiger partial charge in [-0.15, -0.1) is 35.3 Å². The molecule has 166 valence electrons. The SMILES string of the molecule is CCNC(=NCC1(N2CCOCC2)CCCCC1)NCCc1csc(CC)n1.I. The molecule has 1 aromatic heterocycles. The molecule has 1 aromatic rings. The Morgan fingerprint density at radius 2 is 1.97 bits per heavy atom. The van der Waals surface area contributed by atoms with E-state index < -0.39 is 0 Å². The second kappa shape index (κ2) is 13.1. The van der Waals surface area contributed by atoms with E-state index in [0.29, 0.717) is 0 Å². The predicted octanol–water partition coefficient (Wildman–Crippen LogP) is 3.46. The Kier molecular flexibility index (Phi) is 11.2. The smallest absolute Gasteiger partial charge is 0.191 e. The van der Waals surface area contributed by atoms with E-state index >= 15 is 0 Å². The van der Waals surface area contributed by atoms with Crippen LogP contribution in [0.4, 0.5) is 0 Å². The topological polar surface area (TPSA) is 61.8 Å². The summed E-state index contributed by atoms with van der Waals surface area (Å²) in [6.45, 7) is 10.7. The molecule has 2 heterocycles. The first-order chi connectivity index (χ1) is 13.8. The molecule has 0 bridgehead atoms. The minimum absolute atomic E-state index is 0. The molecule has 0 radical (unpaired) electrons. The molecule has 2 fully saturated rings. The van der Waals surface area contributed by atoms with Crippen LogP contribution in [0.15, 0.2) is 10.4 Å². The third kappa shape index (κ3) is 7.33. The Hall–Kier alpha value is -0.450. The largest absolute Gasteiger partial charge is 0.379 e. The van der Waals surface area contributed by atoms with Crippen molar-refractivity contribution in [3.8, 4) is 0 Å². The van der Waals surface area contributed by atoms with E-state index in [9.17, 15) is 0 Å². The highest BCUT2D eigenvalue weighted by molar-refractivity contribution is 14.0. The molecule has 6 nitrogen and oxygen atoms in total. The molecule has 0 aromatic carbocycles. The molecule has 2 N–H and O–H groups in total. The normalized spacial score (nSPS) is 20.1. The second-order valence-corrected chi connectivity index (χ2v) is 8.79. The molecule has 3 rings (SSSR count). The Balaban J connectivity index is 0.00000300. The molecule has 1 aliphatic heterocycles. The van der Waals surface area contributed by atoms with Crippen LogP contribution in [0.5, 0.6) is 0 Å². The molecular weight excluding hydrogens is 497 g/mol. The number of hydrogen-bond acceptors (Lipinski definition) is 5. The van der Waals surface area contributed by atoms with Crippen molar-refractivity contribution in [1.82, 2.24) is 20.5 Å². The van der Waals surface area contributed by atoms with Gasteiger partial charge in [0.15, 0.2) is 5.96 Å². The highest BCUT2D eigenvalue weighted by Gasteiger charge is 2.38. The van der Waals surface area contributed by atoms with E-state index in [4.69, 9.17) is 9.73 Å². The predicted molar refractivity (Wildman–Crippen MR) is 133 cm³/mol. The number of ether oxygens (including phenoxy) is 1. The maximum absolute atomic E-state index is 5.60. The zero-order valence-corrected chi connectivity index (χ0v) is 21.2. The lowest BCUT2D eigenvalue weighted by molar-refractivity contribution is -0.0333. The molecule has 1 saturated carbocycles. The maximum atomic E-state index is 5.60. The van der Waals surface area contributed by atoms with E-state index in [-0.39, 0.29) is 29.5 Å². The van der Waals surface area contributed by atoms with Crippen LogP contribution < -0.4 is 10.6 Å². The number of aliphatic imine (C=N–C) groups is 1. The van der Waals surface area contributed by atoms with Gasteiger partial charge < -0.3 is 15.4 Å². The van der Waals surface area contributed by atoms with Crippen molar-refractivity contribution in [2.75, 3.05) is 45.9 Å². The monoisotopic (exact) mass is 535 g/mol. The number of nitrogens with one attached hydrogen (secondary N) is 2. The van der Waals surface area contributed by atoms with E-state index in [2.05, 4.69) is 39.7 Å². The summed E-state index contributed by atoms with van der Waals surface area (Å²) in [7, 11) is 0. The zero-order chi connectivity index (χ0) is 19.7. The standard InChI is InChI=1S/C21H37N5OS.HI/c1-3-19-25-18(16-28-19)8-11-23-20(22-4-2)24-17-21(9-6-5-7-10-21)26-12-14-27-15-13-26;/h16H,3-15,17H2,1-2H3,(H2,22,23,24);1H. The van der Waals surface area contributed by atoms with Gasteiger partial charge in [0.05, 0.1) is 30.5 Å². The van der Waals surface area contributed by atoms with Gasteiger partial charge in [-0.05, 0) is 26.2 Å². The van der Waals surface area contributed by atoms with Gasteiger partial charge >= 0.3 is 0 Å². The lowest BCUT2D eigenvalue weighted by Gasteiger charge is -2.47. The quantitative estimate of drug-likeness (QED) is 0.304. The Morgan fingerprint density at radius 1 is 1.21 bits per heavy atom. The molecule has 0 unspecified atom stereocenters. The number of hydrogen-bond donors (Lipinski definition) is 2. The van der Waals surface area contributed by atoms with Crippen molar-refractivity contribution in [1.29, 1.82) is 0 Å². The van der Waals surface area contributed by atoms with Crippen LogP contribution in [0.1, 0.15) is 56.7 Å². The van der Waals surface area contributed by atoms with E-state index in [1.807, 2.05) is 0 Å². The summed E-state index contributed by atoms with van der Waals surface area (Å²) in [5.41, 5.74) is 1.40. The number of thiazole rings is 1. The zero-order valence-electron chi connectivity index (χ0n) is 18.0. The van der Waals surface area contributed by atoms with Crippen LogP contribution in [0.3, 0.4) is 0 Å². The number of nitrogens with zero attached hydrogens (tertiary/aromatic N) is 3. The minimum Gasteiger partial charge on any atom is -0.379 e. The Labute approximate surface area is 197 Å². The summed E-state index contributed by atoms with van der Waals surface area (Å²) in [6, 6.07) is 0.